The number of rotatable bonds is 7. The van der Waals surface area contributed by atoms with E-state index in [4.69, 9.17) is 12.2 Å². The second-order valence-corrected chi connectivity index (χ2v) is 7.52. The molecule has 24 heavy (non-hydrogen) atoms. The lowest BCUT2D eigenvalue weighted by Gasteiger charge is -2.09. The zero-order chi connectivity index (χ0) is 17.7. The number of nitrogens with one attached hydrogen (secondary N) is 2. The van der Waals surface area contributed by atoms with Crippen LogP contribution in [0.5, 0.6) is 0 Å². The third-order valence-electron chi connectivity index (χ3n) is 3.77. The van der Waals surface area contributed by atoms with E-state index >= 15 is 0 Å². The fourth-order valence-electron chi connectivity index (χ4n) is 2.41. The molecule has 130 valence electrons. The molecule has 7 heteroatoms. The normalized spacial score (nSPS) is 11.2. The summed E-state index contributed by atoms with van der Waals surface area (Å²) in [5, 5.41) is 3.48. The molecule has 0 aliphatic heterocycles. The lowest BCUT2D eigenvalue weighted by molar-refractivity contribution is -0.121. The van der Waals surface area contributed by atoms with Crippen molar-refractivity contribution in [3.05, 3.63) is 37.8 Å². The van der Waals surface area contributed by atoms with E-state index in [1.807, 2.05) is 12.1 Å². The van der Waals surface area contributed by atoms with Crippen molar-refractivity contribution in [1.82, 2.24) is 14.9 Å². The van der Waals surface area contributed by atoms with Gasteiger partial charge >= 0.3 is 0 Å². The van der Waals surface area contributed by atoms with Crippen LogP contribution >= 0.6 is 28.1 Å². The van der Waals surface area contributed by atoms with Gasteiger partial charge in [-0.1, -0.05) is 29.8 Å². The molecule has 1 aromatic carbocycles. The zero-order valence-electron chi connectivity index (χ0n) is 13.9. The molecule has 1 amide bonds. The highest BCUT2D eigenvalue weighted by Crippen LogP contribution is 2.15. The fraction of sp³-hybridized carbons (Fsp3) is 0.471. The van der Waals surface area contributed by atoms with Crippen LogP contribution < -0.4 is 10.9 Å². The summed E-state index contributed by atoms with van der Waals surface area (Å²) < 4.78 is 2.75. The van der Waals surface area contributed by atoms with E-state index in [1.165, 1.54) is 4.57 Å². The van der Waals surface area contributed by atoms with E-state index in [0.717, 1.165) is 16.4 Å². The topological polar surface area (TPSA) is 66.9 Å². The maximum atomic E-state index is 12.6. The molecular formula is C17H22BrN3O2S. The van der Waals surface area contributed by atoms with Crippen LogP contribution in [0, 0.1) is 10.7 Å². The Kier molecular flexibility index (Phi) is 6.74. The summed E-state index contributed by atoms with van der Waals surface area (Å²) in [6, 6.07) is 5.46. The number of nitrogens with zero attached hydrogens (tertiary/aromatic N) is 1. The number of carbonyl (C=O) groups excluding carboxylic acids is 1. The second-order valence-electron chi connectivity index (χ2n) is 6.21. The maximum Gasteiger partial charge on any atom is 0.262 e. The van der Waals surface area contributed by atoms with E-state index in [2.05, 4.69) is 40.1 Å². The number of hydrogen-bond donors (Lipinski definition) is 2. The first-order valence-corrected chi connectivity index (χ1v) is 9.27. The van der Waals surface area contributed by atoms with Crippen LogP contribution in [-0.2, 0) is 11.3 Å². The van der Waals surface area contributed by atoms with Crippen LogP contribution in [-0.4, -0.2) is 22.0 Å². The highest BCUT2D eigenvalue weighted by molar-refractivity contribution is 9.10. The summed E-state index contributed by atoms with van der Waals surface area (Å²) in [5.41, 5.74) is 0.589. The summed E-state index contributed by atoms with van der Waals surface area (Å²) >= 11 is 8.65. The number of H-pyrrole nitrogens is 1. The Morgan fingerprint density at radius 3 is 2.88 bits per heavy atom. The van der Waals surface area contributed by atoms with Gasteiger partial charge in [-0.25, -0.2) is 0 Å². The molecule has 2 N–H and O–H groups in total. The van der Waals surface area contributed by atoms with Gasteiger partial charge in [0.1, 0.15) is 0 Å². The van der Waals surface area contributed by atoms with Gasteiger partial charge in [0, 0.05) is 24.0 Å². The second kappa shape index (κ2) is 8.58. The third-order valence-corrected chi connectivity index (χ3v) is 4.59. The summed E-state index contributed by atoms with van der Waals surface area (Å²) in [6.07, 6.45) is 1.93. The molecule has 1 heterocycles. The first kappa shape index (κ1) is 18.9. The number of aromatic amines is 1. The van der Waals surface area contributed by atoms with Crippen LogP contribution in [0.3, 0.4) is 0 Å². The summed E-state index contributed by atoms with van der Waals surface area (Å²) in [6.45, 7) is 5.37. The molecule has 5 nitrogen and oxygen atoms in total. The van der Waals surface area contributed by atoms with Gasteiger partial charge in [-0.15, -0.1) is 0 Å². The quantitative estimate of drug-likeness (QED) is 0.681. The van der Waals surface area contributed by atoms with Gasteiger partial charge in [-0.2, -0.15) is 0 Å². The van der Waals surface area contributed by atoms with Crippen LogP contribution in [0.4, 0.5) is 0 Å². The van der Waals surface area contributed by atoms with Gasteiger partial charge in [0.2, 0.25) is 5.91 Å². The van der Waals surface area contributed by atoms with E-state index in [1.54, 1.807) is 6.07 Å². The Bertz CT molecular complexity index is 842. The molecular weight excluding hydrogens is 390 g/mol. The van der Waals surface area contributed by atoms with Crippen molar-refractivity contribution in [2.75, 3.05) is 6.54 Å². The molecule has 2 rings (SSSR count). The van der Waals surface area contributed by atoms with E-state index in [0.29, 0.717) is 42.0 Å². The smallest absolute Gasteiger partial charge is 0.262 e. The van der Waals surface area contributed by atoms with Crippen LogP contribution in [0.1, 0.15) is 33.1 Å². The molecule has 0 saturated heterocycles. The van der Waals surface area contributed by atoms with Crippen molar-refractivity contribution in [3.63, 3.8) is 0 Å². The van der Waals surface area contributed by atoms with Gasteiger partial charge in [0.25, 0.3) is 5.56 Å². The van der Waals surface area contributed by atoms with Crippen LogP contribution in [0.15, 0.2) is 27.5 Å². The summed E-state index contributed by atoms with van der Waals surface area (Å²) in [5.74, 6) is 0.584. The number of fused-ring (bicyclic) bond motifs is 1. The van der Waals surface area contributed by atoms with Crippen LogP contribution in [0.25, 0.3) is 10.9 Å². The maximum absolute atomic E-state index is 12.6. The molecule has 0 aliphatic carbocycles. The number of hydrogen-bond acceptors (Lipinski definition) is 3. The van der Waals surface area contributed by atoms with E-state index in [-0.39, 0.29) is 11.5 Å². The molecule has 1 aromatic heterocycles. The molecule has 0 aliphatic rings. The first-order chi connectivity index (χ1) is 11.4. The Hall–Kier alpha value is -1.47. The Morgan fingerprint density at radius 1 is 1.42 bits per heavy atom. The molecule has 2 aromatic rings. The van der Waals surface area contributed by atoms with Crippen molar-refractivity contribution in [3.8, 4) is 0 Å². The predicted molar refractivity (Wildman–Crippen MR) is 103 cm³/mol. The molecule has 0 fully saturated rings. The van der Waals surface area contributed by atoms with Gasteiger partial charge in [0.15, 0.2) is 4.77 Å². The minimum Gasteiger partial charge on any atom is -0.356 e. The van der Waals surface area contributed by atoms with Gasteiger partial charge in [0.05, 0.1) is 10.9 Å². The average molecular weight is 412 g/mol. The van der Waals surface area contributed by atoms with Crippen molar-refractivity contribution < 1.29 is 4.79 Å². The first-order valence-electron chi connectivity index (χ1n) is 8.07. The molecule has 0 unspecified atom stereocenters. The fourth-order valence-corrected chi connectivity index (χ4v) is 3.06. The minimum absolute atomic E-state index is 0.0159. The Balaban J connectivity index is 2.01. The van der Waals surface area contributed by atoms with Gasteiger partial charge < -0.3 is 10.3 Å². The largest absolute Gasteiger partial charge is 0.356 e. The van der Waals surface area contributed by atoms with Gasteiger partial charge in [-0.3, -0.25) is 14.2 Å². The minimum atomic E-state index is -0.129. The number of halogens is 1. The molecule has 0 radical (unpaired) electrons. The summed E-state index contributed by atoms with van der Waals surface area (Å²) in [7, 11) is 0. The molecule has 0 spiro atoms. The van der Waals surface area contributed by atoms with E-state index in [9.17, 15) is 9.59 Å². The van der Waals surface area contributed by atoms with Crippen molar-refractivity contribution in [1.29, 1.82) is 0 Å². The van der Waals surface area contributed by atoms with Crippen molar-refractivity contribution in [2.24, 2.45) is 5.92 Å². The number of amides is 1. The Labute approximate surface area is 154 Å². The molecule has 0 bridgehead atoms. The third kappa shape index (κ3) is 5.01. The standard InChI is InChI=1S/C17H22BrN3O2S/c1-11(2)7-8-19-15(22)4-3-9-21-16(23)13-10-12(18)5-6-14(13)20-17(21)24/h5-6,10-11H,3-4,7-9H2,1-2H3,(H,19,22)(H,20,24). The summed E-state index contributed by atoms with van der Waals surface area (Å²) in [4.78, 5) is 27.4. The SMILES string of the molecule is CC(C)CCNC(=O)CCCn1c(=S)[nH]c2ccc(Br)cc2c1=O. The molecule has 0 atom stereocenters. The lowest BCUT2D eigenvalue weighted by Crippen LogP contribution is -2.26. The highest BCUT2D eigenvalue weighted by Gasteiger charge is 2.07. The van der Waals surface area contributed by atoms with Crippen LogP contribution in [0.2, 0.25) is 0 Å². The molecule has 0 saturated carbocycles. The number of benzene rings is 1. The van der Waals surface area contributed by atoms with Gasteiger partial charge in [-0.05, 0) is 49.2 Å². The van der Waals surface area contributed by atoms with E-state index < -0.39 is 0 Å². The van der Waals surface area contributed by atoms with Crippen molar-refractivity contribution in [2.45, 2.75) is 39.7 Å². The monoisotopic (exact) mass is 411 g/mol. The lowest BCUT2D eigenvalue weighted by atomic mass is 10.1. The number of carbonyl (C=O) groups is 1. The highest BCUT2D eigenvalue weighted by atomic mass is 79.9. The Morgan fingerprint density at radius 2 is 2.17 bits per heavy atom. The van der Waals surface area contributed by atoms with Crippen molar-refractivity contribution >= 4 is 45.0 Å². The zero-order valence-corrected chi connectivity index (χ0v) is 16.3. The predicted octanol–water partition coefficient (Wildman–Crippen LogP) is 3.76. The number of aromatic nitrogens is 2. The average Bonchev–Trinajstić information content (AvgIpc) is 2.51.